The maximum Gasteiger partial charge on any atom is 0.0114 e. The number of hydrogen-bond donors (Lipinski definition) is 1. The highest BCUT2D eigenvalue weighted by atomic mass is 15.2. The van der Waals surface area contributed by atoms with Gasteiger partial charge in [0.15, 0.2) is 0 Å². The van der Waals surface area contributed by atoms with Gasteiger partial charge in [-0.3, -0.25) is 4.90 Å². The van der Waals surface area contributed by atoms with Crippen molar-refractivity contribution in [2.24, 2.45) is 22.7 Å². The van der Waals surface area contributed by atoms with Gasteiger partial charge in [0.25, 0.3) is 0 Å². The van der Waals surface area contributed by atoms with Crippen LogP contribution in [0.4, 0.5) is 0 Å². The molecule has 0 spiro atoms. The van der Waals surface area contributed by atoms with E-state index in [0.29, 0.717) is 10.8 Å². The zero-order valence-electron chi connectivity index (χ0n) is 13.5. The normalized spacial score (nSPS) is 42.5. The van der Waals surface area contributed by atoms with Crippen LogP contribution in [0.2, 0.25) is 0 Å². The second-order valence-electron chi connectivity index (χ2n) is 9.09. The molecule has 1 aliphatic carbocycles. The molecule has 3 fully saturated rings. The molecule has 2 aliphatic heterocycles. The van der Waals surface area contributed by atoms with Crippen LogP contribution >= 0.6 is 0 Å². The lowest BCUT2D eigenvalue weighted by molar-refractivity contribution is 0.0169. The molecule has 2 heteroatoms. The van der Waals surface area contributed by atoms with Crippen molar-refractivity contribution in [3.05, 3.63) is 0 Å². The van der Waals surface area contributed by atoms with E-state index in [1.807, 2.05) is 0 Å². The van der Waals surface area contributed by atoms with Crippen molar-refractivity contribution >= 4 is 0 Å². The lowest BCUT2D eigenvalue weighted by Gasteiger charge is -2.49. The number of likely N-dealkylation sites (tertiary alicyclic amines) is 1. The van der Waals surface area contributed by atoms with E-state index in [0.717, 1.165) is 23.9 Å². The Kier molecular flexibility index (Phi) is 3.26. The molecule has 3 atom stereocenters. The number of nitrogens with zero attached hydrogens (tertiary/aromatic N) is 1. The molecule has 19 heavy (non-hydrogen) atoms. The molecule has 3 unspecified atom stereocenters. The Bertz CT molecular complexity index is 331. The van der Waals surface area contributed by atoms with Crippen LogP contribution in [0.15, 0.2) is 0 Å². The highest BCUT2D eigenvalue weighted by Crippen LogP contribution is 2.49. The lowest BCUT2D eigenvalue weighted by atomic mass is 9.63. The first-order valence-corrected chi connectivity index (χ1v) is 8.24. The summed E-state index contributed by atoms with van der Waals surface area (Å²) >= 11 is 0. The van der Waals surface area contributed by atoms with Crippen molar-refractivity contribution in [3.63, 3.8) is 0 Å². The Morgan fingerprint density at radius 3 is 2.21 bits per heavy atom. The average molecular weight is 264 g/mol. The maximum atomic E-state index is 3.58. The summed E-state index contributed by atoms with van der Waals surface area (Å²) in [4.78, 5) is 2.87. The number of fused-ring (bicyclic) bond motifs is 1. The maximum absolute atomic E-state index is 3.58. The molecular weight excluding hydrogens is 232 g/mol. The Balaban J connectivity index is 1.75. The molecule has 3 aliphatic rings. The van der Waals surface area contributed by atoms with Gasteiger partial charge in [0.1, 0.15) is 0 Å². The van der Waals surface area contributed by atoms with Gasteiger partial charge in [-0.25, -0.2) is 0 Å². The minimum absolute atomic E-state index is 0.516. The lowest BCUT2D eigenvalue weighted by Crippen LogP contribution is -2.48. The second-order valence-corrected chi connectivity index (χ2v) is 9.09. The van der Waals surface area contributed by atoms with Gasteiger partial charge in [0.2, 0.25) is 0 Å². The molecule has 0 aromatic carbocycles. The highest BCUT2D eigenvalue weighted by molar-refractivity contribution is 5.02. The van der Waals surface area contributed by atoms with E-state index in [1.54, 1.807) is 0 Å². The molecule has 0 radical (unpaired) electrons. The van der Waals surface area contributed by atoms with Crippen molar-refractivity contribution in [3.8, 4) is 0 Å². The molecule has 0 amide bonds. The first-order chi connectivity index (χ1) is 8.77. The average Bonchev–Trinajstić information content (AvgIpc) is 2.77. The molecule has 0 aromatic heterocycles. The number of hydrogen-bond acceptors (Lipinski definition) is 2. The summed E-state index contributed by atoms with van der Waals surface area (Å²) in [5.74, 6) is 1.83. The Morgan fingerprint density at radius 2 is 1.63 bits per heavy atom. The fourth-order valence-corrected chi connectivity index (χ4v) is 5.70. The minimum Gasteiger partial charge on any atom is -0.316 e. The Hall–Kier alpha value is -0.0800. The van der Waals surface area contributed by atoms with Gasteiger partial charge in [-0.2, -0.15) is 0 Å². The van der Waals surface area contributed by atoms with Crippen molar-refractivity contribution in [2.45, 2.75) is 66.0 Å². The quantitative estimate of drug-likeness (QED) is 0.783. The zero-order valence-corrected chi connectivity index (χ0v) is 13.5. The predicted octanol–water partition coefficient (Wildman–Crippen LogP) is 3.13. The van der Waals surface area contributed by atoms with Gasteiger partial charge >= 0.3 is 0 Å². The summed E-state index contributed by atoms with van der Waals surface area (Å²) in [5, 5.41) is 3.58. The minimum atomic E-state index is 0.516. The van der Waals surface area contributed by atoms with Gasteiger partial charge in [0, 0.05) is 18.6 Å². The van der Waals surface area contributed by atoms with Gasteiger partial charge in [-0.05, 0) is 61.9 Å². The molecule has 0 aromatic rings. The van der Waals surface area contributed by atoms with Crippen LogP contribution in [0, 0.1) is 22.7 Å². The standard InChI is InChI=1S/C17H32N2/c1-12-15-9-18-8-13(15)10-19(12)14-6-16(2,3)11-17(4,5)7-14/h12-15,18H,6-11H2,1-5H3. The Morgan fingerprint density at radius 1 is 1.00 bits per heavy atom. The van der Waals surface area contributed by atoms with Gasteiger partial charge in [0.05, 0.1) is 0 Å². The predicted molar refractivity (Wildman–Crippen MR) is 81.2 cm³/mol. The summed E-state index contributed by atoms with van der Waals surface area (Å²) in [5.41, 5.74) is 1.03. The molecule has 3 rings (SSSR count). The van der Waals surface area contributed by atoms with Gasteiger partial charge in [-0.1, -0.05) is 27.7 Å². The largest absolute Gasteiger partial charge is 0.316 e. The van der Waals surface area contributed by atoms with Crippen LogP contribution in [-0.2, 0) is 0 Å². The van der Waals surface area contributed by atoms with E-state index < -0.39 is 0 Å². The number of rotatable bonds is 1. The summed E-state index contributed by atoms with van der Waals surface area (Å²) in [6.45, 7) is 16.2. The van der Waals surface area contributed by atoms with E-state index >= 15 is 0 Å². The van der Waals surface area contributed by atoms with Crippen molar-refractivity contribution in [2.75, 3.05) is 19.6 Å². The smallest absolute Gasteiger partial charge is 0.0114 e. The summed E-state index contributed by atoms with van der Waals surface area (Å²) in [6.07, 6.45) is 4.18. The fourth-order valence-electron chi connectivity index (χ4n) is 5.70. The topological polar surface area (TPSA) is 15.3 Å². The summed E-state index contributed by atoms with van der Waals surface area (Å²) in [6, 6.07) is 1.61. The van der Waals surface area contributed by atoms with E-state index in [2.05, 4.69) is 44.8 Å². The van der Waals surface area contributed by atoms with E-state index in [9.17, 15) is 0 Å². The summed E-state index contributed by atoms with van der Waals surface area (Å²) in [7, 11) is 0. The first kappa shape index (κ1) is 13.9. The fraction of sp³-hybridized carbons (Fsp3) is 1.00. The van der Waals surface area contributed by atoms with Crippen molar-refractivity contribution < 1.29 is 0 Å². The third kappa shape index (κ3) is 2.58. The molecule has 0 bridgehead atoms. The molecular formula is C17H32N2. The first-order valence-electron chi connectivity index (χ1n) is 8.24. The van der Waals surface area contributed by atoms with Crippen LogP contribution in [0.3, 0.4) is 0 Å². The van der Waals surface area contributed by atoms with Crippen LogP contribution in [-0.4, -0.2) is 36.6 Å². The van der Waals surface area contributed by atoms with Crippen LogP contribution < -0.4 is 5.32 Å². The van der Waals surface area contributed by atoms with Crippen LogP contribution in [0.25, 0.3) is 0 Å². The number of nitrogens with one attached hydrogen (secondary N) is 1. The summed E-state index contributed by atoms with van der Waals surface area (Å²) < 4.78 is 0. The molecule has 1 N–H and O–H groups in total. The van der Waals surface area contributed by atoms with Gasteiger partial charge < -0.3 is 5.32 Å². The van der Waals surface area contributed by atoms with E-state index in [-0.39, 0.29) is 0 Å². The molecule has 2 heterocycles. The van der Waals surface area contributed by atoms with Crippen molar-refractivity contribution in [1.82, 2.24) is 10.2 Å². The van der Waals surface area contributed by atoms with E-state index in [1.165, 1.54) is 38.9 Å². The SMILES string of the molecule is CC1C2CNCC2CN1C1CC(C)(C)CC(C)(C)C1. The van der Waals surface area contributed by atoms with Crippen molar-refractivity contribution in [1.29, 1.82) is 0 Å². The molecule has 2 nitrogen and oxygen atoms in total. The molecule has 1 saturated carbocycles. The zero-order chi connectivity index (χ0) is 13.8. The van der Waals surface area contributed by atoms with Crippen LogP contribution in [0.1, 0.15) is 53.9 Å². The molecule has 2 saturated heterocycles. The van der Waals surface area contributed by atoms with E-state index in [4.69, 9.17) is 0 Å². The van der Waals surface area contributed by atoms with Crippen LogP contribution in [0.5, 0.6) is 0 Å². The monoisotopic (exact) mass is 264 g/mol. The second kappa shape index (κ2) is 4.46. The van der Waals surface area contributed by atoms with Gasteiger partial charge in [-0.15, -0.1) is 0 Å². The third-order valence-corrected chi connectivity index (χ3v) is 5.98. The highest BCUT2D eigenvalue weighted by Gasteiger charge is 2.48. The molecule has 110 valence electrons. The third-order valence-electron chi connectivity index (χ3n) is 5.98. The Labute approximate surface area is 119 Å².